The van der Waals surface area contributed by atoms with E-state index in [0.29, 0.717) is 10.7 Å². The summed E-state index contributed by atoms with van der Waals surface area (Å²) in [6.45, 7) is 0. The third-order valence-electron chi connectivity index (χ3n) is 4.20. The minimum Gasteiger partial charge on any atom is -0.354 e. The molecular weight excluding hydrogens is 382 g/mol. The van der Waals surface area contributed by atoms with Crippen molar-refractivity contribution in [2.75, 3.05) is 16.3 Å². The average Bonchev–Trinajstić information content (AvgIpc) is 2.63. The van der Waals surface area contributed by atoms with Gasteiger partial charge in [-0.1, -0.05) is 29.8 Å². The number of halogens is 1. The maximum absolute atomic E-state index is 11.4. The van der Waals surface area contributed by atoms with Gasteiger partial charge in [-0.25, -0.2) is 13.4 Å². The van der Waals surface area contributed by atoms with Crippen molar-refractivity contribution in [1.82, 2.24) is 0 Å². The molecule has 0 atom stereocenters. The normalized spacial score (nSPS) is 11.6. The first-order valence-electron chi connectivity index (χ1n) is 8.28. The molecule has 0 unspecified atom stereocenters. The first-order valence-corrected chi connectivity index (χ1v) is 10.5. The van der Waals surface area contributed by atoms with E-state index in [4.69, 9.17) is 11.6 Å². The molecule has 0 radical (unpaired) electrons. The summed E-state index contributed by atoms with van der Waals surface area (Å²) in [5, 5.41) is 6.10. The van der Waals surface area contributed by atoms with Crippen molar-refractivity contribution in [3.63, 3.8) is 0 Å². The second-order valence-electron chi connectivity index (χ2n) is 6.28. The Morgan fingerprint density at radius 2 is 1.52 bits per heavy atom. The lowest BCUT2D eigenvalue weighted by Crippen LogP contribution is -2.09. The van der Waals surface area contributed by atoms with Crippen LogP contribution in [0.5, 0.6) is 0 Å². The molecule has 0 fully saturated rings. The number of para-hydroxylation sites is 2. The van der Waals surface area contributed by atoms with Gasteiger partial charge >= 0.3 is 0 Å². The van der Waals surface area contributed by atoms with Crippen LogP contribution in [0.1, 0.15) is 0 Å². The molecule has 1 heterocycles. The fraction of sp³-hybridized carbons (Fsp3) is 0.0500. The summed E-state index contributed by atoms with van der Waals surface area (Å²) in [5.41, 5.74) is 4.12. The van der Waals surface area contributed by atoms with E-state index >= 15 is 0 Å². The molecule has 0 aliphatic carbocycles. The predicted octanol–water partition coefficient (Wildman–Crippen LogP) is 4.58. The van der Waals surface area contributed by atoms with Gasteiger partial charge in [-0.05, 0) is 42.5 Å². The third kappa shape index (κ3) is 3.67. The lowest BCUT2D eigenvalue weighted by Gasteiger charge is -2.12. The van der Waals surface area contributed by atoms with Gasteiger partial charge in [0.25, 0.3) is 0 Å². The number of nitrogens with one attached hydrogen (secondary N) is 3. The number of anilines is 3. The minimum absolute atomic E-state index is 0.516. The van der Waals surface area contributed by atoms with Crippen molar-refractivity contribution in [2.24, 2.45) is 0 Å². The SMILES string of the molecule is CS(=O)(=O)Nc1ccc(Nc2c3ccccc3[nH+]c3c(Cl)cccc23)cc1. The van der Waals surface area contributed by atoms with Crippen LogP contribution < -0.4 is 15.0 Å². The highest BCUT2D eigenvalue weighted by Crippen LogP contribution is 2.33. The second-order valence-corrected chi connectivity index (χ2v) is 8.44. The Balaban J connectivity index is 1.82. The van der Waals surface area contributed by atoms with Crippen LogP contribution in [0.25, 0.3) is 21.8 Å². The van der Waals surface area contributed by atoms with Crippen LogP contribution in [0.2, 0.25) is 5.02 Å². The van der Waals surface area contributed by atoms with E-state index in [1.54, 1.807) is 12.1 Å². The van der Waals surface area contributed by atoms with Crippen molar-refractivity contribution >= 4 is 60.5 Å². The number of hydrogen-bond acceptors (Lipinski definition) is 3. The van der Waals surface area contributed by atoms with Crippen LogP contribution in [-0.2, 0) is 10.0 Å². The van der Waals surface area contributed by atoms with Gasteiger partial charge in [0.2, 0.25) is 21.1 Å². The van der Waals surface area contributed by atoms with Gasteiger partial charge in [-0.3, -0.25) is 4.72 Å². The fourth-order valence-electron chi connectivity index (χ4n) is 3.06. The monoisotopic (exact) mass is 398 g/mol. The summed E-state index contributed by atoms with van der Waals surface area (Å²) in [7, 11) is -3.30. The number of aromatic amines is 1. The molecular formula is C20H17ClN3O2S+. The molecule has 4 rings (SSSR count). The fourth-order valence-corrected chi connectivity index (χ4v) is 3.85. The quantitative estimate of drug-likeness (QED) is 0.494. The number of pyridine rings is 1. The van der Waals surface area contributed by atoms with E-state index in [9.17, 15) is 8.42 Å². The summed E-state index contributed by atoms with van der Waals surface area (Å²) in [5.74, 6) is 0. The standard InChI is InChI=1S/C20H16ClN3O2S/c1-27(25,26)24-14-11-9-13(10-12-14)22-19-15-5-2-3-8-18(15)23-20-16(19)6-4-7-17(20)21/h2-12,24H,1H3,(H,22,23)/p+1. The lowest BCUT2D eigenvalue weighted by molar-refractivity contribution is -0.310. The molecule has 136 valence electrons. The van der Waals surface area contributed by atoms with Gasteiger partial charge in [0, 0.05) is 17.4 Å². The largest absolute Gasteiger partial charge is 0.354 e. The number of hydrogen-bond donors (Lipinski definition) is 2. The van der Waals surface area contributed by atoms with Crippen LogP contribution >= 0.6 is 11.6 Å². The van der Waals surface area contributed by atoms with Crippen LogP contribution in [0.3, 0.4) is 0 Å². The molecule has 0 spiro atoms. The highest BCUT2D eigenvalue weighted by Gasteiger charge is 2.16. The van der Waals surface area contributed by atoms with Crippen LogP contribution in [0, 0.1) is 0 Å². The third-order valence-corrected chi connectivity index (χ3v) is 5.12. The van der Waals surface area contributed by atoms with Crippen molar-refractivity contribution in [2.45, 2.75) is 0 Å². The highest BCUT2D eigenvalue weighted by atomic mass is 35.5. The number of sulfonamides is 1. The van der Waals surface area contributed by atoms with Crippen molar-refractivity contribution < 1.29 is 13.4 Å². The topological polar surface area (TPSA) is 72.3 Å². The summed E-state index contributed by atoms with van der Waals surface area (Å²) in [6.07, 6.45) is 1.13. The zero-order chi connectivity index (χ0) is 19.0. The van der Waals surface area contributed by atoms with E-state index in [2.05, 4.69) is 15.0 Å². The maximum Gasteiger partial charge on any atom is 0.232 e. The van der Waals surface area contributed by atoms with Gasteiger partial charge in [-0.15, -0.1) is 0 Å². The molecule has 7 heteroatoms. The van der Waals surface area contributed by atoms with Crippen molar-refractivity contribution in [3.05, 3.63) is 71.8 Å². The zero-order valence-electron chi connectivity index (χ0n) is 14.5. The molecule has 0 bridgehead atoms. The molecule has 0 aliphatic rings. The van der Waals surface area contributed by atoms with Crippen LogP contribution in [-0.4, -0.2) is 14.7 Å². The lowest BCUT2D eigenvalue weighted by atomic mass is 10.1. The Bertz CT molecular complexity index is 1260. The molecule has 5 nitrogen and oxygen atoms in total. The van der Waals surface area contributed by atoms with E-state index in [1.165, 1.54) is 0 Å². The summed E-state index contributed by atoms with van der Waals surface area (Å²) < 4.78 is 25.2. The van der Waals surface area contributed by atoms with Crippen molar-refractivity contribution in [1.29, 1.82) is 0 Å². The van der Waals surface area contributed by atoms with Gasteiger partial charge < -0.3 is 5.32 Å². The molecule has 3 aromatic carbocycles. The number of H-pyrrole nitrogens is 1. The van der Waals surface area contributed by atoms with Gasteiger partial charge in [0.1, 0.15) is 5.02 Å². The number of aromatic nitrogens is 1. The highest BCUT2D eigenvalue weighted by molar-refractivity contribution is 7.92. The Kier molecular flexibility index (Phi) is 4.37. The maximum atomic E-state index is 11.4. The van der Waals surface area contributed by atoms with Crippen LogP contribution in [0.15, 0.2) is 66.7 Å². The Labute approximate surface area is 162 Å². The molecule has 1 aromatic heterocycles. The number of rotatable bonds is 4. The van der Waals surface area contributed by atoms with E-state index in [1.807, 2.05) is 54.6 Å². The minimum atomic E-state index is -3.30. The average molecular weight is 399 g/mol. The number of fused-ring (bicyclic) bond motifs is 2. The summed E-state index contributed by atoms with van der Waals surface area (Å²) in [4.78, 5) is 3.39. The van der Waals surface area contributed by atoms with Gasteiger partial charge in [0.15, 0.2) is 0 Å². The molecule has 0 aliphatic heterocycles. The van der Waals surface area contributed by atoms with Crippen LogP contribution in [0.4, 0.5) is 17.1 Å². The molecule has 0 saturated carbocycles. The summed E-state index contributed by atoms with van der Waals surface area (Å²) in [6, 6.07) is 20.9. The van der Waals surface area contributed by atoms with E-state index in [0.717, 1.165) is 39.4 Å². The summed E-state index contributed by atoms with van der Waals surface area (Å²) >= 11 is 6.39. The molecule has 27 heavy (non-hydrogen) atoms. The first-order chi connectivity index (χ1) is 12.9. The Hall–Kier alpha value is -2.83. The Morgan fingerprint density at radius 1 is 0.852 bits per heavy atom. The Morgan fingerprint density at radius 3 is 2.26 bits per heavy atom. The first kappa shape index (κ1) is 17.6. The molecule has 0 saturated heterocycles. The smallest absolute Gasteiger partial charge is 0.232 e. The zero-order valence-corrected chi connectivity index (χ0v) is 16.0. The molecule has 4 aromatic rings. The molecule has 0 amide bonds. The van der Waals surface area contributed by atoms with E-state index in [-0.39, 0.29) is 0 Å². The van der Waals surface area contributed by atoms with Gasteiger partial charge in [-0.2, -0.15) is 0 Å². The second kappa shape index (κ2) is 6.72. The number of benzene rings is 3. The van der Waals surface area contributed by atoms with E-state index < -0.39 is 10.0 Å². The predicted molar refractivity (Wildman–Crippen MR) is 111 cm³/mol. The van der Waals surface area contributed by atoms with Crippen molar-refractivity contribution in [3.8, 4) is 0 Å². The van der Waals surface area contributed by atoms with Gasteiger partial charge in [0.05, 0.1) is 22.7 Å². The molecule has 3 N–H and O–H groups in total.